The number of hydrogen-bond donors (Lipinski definition) is 1. The van der Waals surface area contributed by atoms with Gasteiger partial charge in [0, 0.05) is 28.3 Å². The minimum atomic E-state index is -0.398. The van der Waals surface area contributed by atoms with Crippen molar-refractivity contribution in [3.8, 4) is 0 Å². The monoisotopic (exact) mass is 402 g/mol. The van der Waals surface area contributed by atoms with Crippen LogP contribution in [0.15, 0.2) is 18.2 Å². The average molecular weight is 403 g/mol. The van der Waals surface area contributed by atoms with E-state index in [0.29, 0.717) is 28.8 Å². The zero-order valence-electron chi connectivity index (χ0n) is 14.7. The van der Waals surface area contributed by atoms with Crippen LogP contribution in [0.25, 0.3) is 0 Å². The molecule has 1 saturated heterocycles. The average Bonchev–Trinajstić information content (AvgIpc) is 2.99. The van der Waals surface area contributed by atoms with Crippen LogP contribution >= 0.6 is 35.0 Å². The van der Waals surface area contributed by atoms with Crippen LogP contribution < -0.4 is 5.32 Å². The molecule has 138 valence electrons. The second-order valence-corrected chi connectivity index (χ2v) is 8.44. The molecular weight excluding hydrogens is 379 g/mol. The number of carbonyl (C=O) groups is 2. The molecule has 1 fully saturated rings. The Morgan fingerprint density at radius 2 is 2.08 bits per heavy atom. The predicted molar refractivity (Wildman–Crippen MR) is 105 cm³/mol. The number of hydrogen-bond acceptors (Lipinski definition) is 3. The number of benzene rings is 1. The summed E-state index contributed by atoms with van der Waals surface area (Å²) in [6.07, 6.45) is 1.46. The van der Waals surface area contributed by atoms with E-state index in [-0.39, 0.29) is 23.1 Å². The van der Waals surface area contributed by atoms with Crippen LogP contribution in [0, 0.1) is 5.92 Å². The normalized spacial score (nSPS) is 20.2. The topological polar surface area (TPSA) is 49.4 Å². The minimum Gasteiger partial charge on any atom is -0.354 e. The Labute approximate surface area is 163 Å². The molecule has 0 spiro atoms. The van der Waals surface area contributed by atoms with Gasteiger partial charge in [-0.1, -0.05) is 50.0 Å². The molecule has 2 atom stereocenters. The van der Waals surface area contributed by atoms with Crippen molar-refractivity contribution in [2.45, 2.75) is 45.0 Å². The maximum atomic E-state index is 12.6. The predicted octanol–water partition coefficient (Wildman–Crippen LogP) is 3.99. The lowest BCUT2D eigenvalue weighted by Crippen LogP contribution is -2.51. The first-order valence-electron chi connectivity index (χ1n) is 8.50. The van der Waals surface area contributed by atoms with Gasteiger partial charge in [-0.3, -0.25) is 9.59 Å². The van der Waals surface area contributed by atoms with Crippen molar-refractivity contribution in [3.63, 3.8) is 0 Å². The maximum absolute atomic E-state index is 12.6. The van der Waals surface area contributed by atoms with Crippen molar-refractivity contribution < 1.29 is 9.59 Å². The highest BCUT2D eigenvalue weighted by Crippen LogP contribution is 2.32. The van der Waals surface area contributed by atoms with Crippen LogP contribution in [0.2, 0.25) is 10.0 Å². The second kappa shape index (κ2) is 9.15. The Bertz CT molecular complexity index is 640. The smallest absolute Gasteiger partial charge is 0.243 e. The third-order valence-corrected chi connectivity index (χ3v) is 6.24. The molecule has 0 aliphatic carbocycles. The fourth-order valence-electron chi connectivity index (χ4n) is 2.84. The van der Waals surface area contributed by atoms with Crippen molar-refractivity contribution in [1.29, 1.82) is 0 Å². The Morgan fingerprint density at radius 3 is 2.68 bits per heavy atom. The van der Waals surface area contributed by atoms with Crippen molar-refractivity contribution in [2.75, 3.05) is 12.3 Å². The summed E-state index contributed by atoms with van der Waals surface area (Å²) in [7, 11) is 0. The van der Waals surface area contributed by atoms with Gasteiger partial charge in [-0.2, -0.15) is 0 Å². The fraction of sp³-hybridized carbons (Fsp3) is 0.556. The summed E-state index contributed by atoms with van der Waals surface area (Å²) in [6, 6.07) is 4.95. The van der Waals surface area contributed by atoms with Crippen molar-refractivity contribution in [3.05, 3.63) is 33.8 Å². The zero-order chi connectivity index (χ0) is 18.6. The summed E-state index contributed by atoms with van der Waals surface area (Å²) in [5, 5.41) is 4.22. The summed E-state index contributed by atoms with van der Waals surface area (Å²) in [5.41, 5.74) is 0.939. The summed E-state index contributed by atoms with van der Waals surface area (Å²) in [4.78, 5) is 26.9. The first-order chi connectivity index (χ1) is 11.8. The molecule has 2 amide bonds. The lowest BCUT2D eigenvalue weighted by atomic mass is 10.1. The van der Waals surface area contributed by atoms with Crippen molar-refractivity contribution in [2.24, 2.45) is 5.92 Å². The molecule has 2 rings (SSSR count). The van der Waals surface area contributed by atoms with Gasteiger partial charge in [-0.15, -0.1) is 11.8 Å². The largest absolute Gasteiger partial charge is 0.354 e. The van der Waals surface area contributed by atoms with E-state index in [2.05, 4.69) is 5.32 Å². The van der Waals surface area contributed by atoms with E-state index in [4.69, 9.17) is 23.2 Å². The lowest BCUT2D eigenvalue weighted by Gasteiger charge is -2.29. The molecule has 0 bridgehead atoms. The summed E-state index contributed by atoms with van der Waals surface area (Å²) in [5.74, 6) is 0.473. The first kappa shape index (κ1) is 20.4. The highest BCUT2D eigenvalue weighted by molar-refractivity contribution is 8.00. The quantitative estimate of drug-likeness (QED) is 0.782. The van der Waals surface area contributed by atoms with Crippen LogP contribution in [-0.2, 0) is 16.0 Å². The van der Waals surface area contributed by atoms with Gasteiger partial charge >= 0.3 is 0 Å². The number of halogens is 2. The molecule has 25 heavy (non-hydrogen) atoms. The molecule has 0 radical (unpaired) electrons. The van der Waals surface area contributed by atoms with E-state index in [1.165, 1.54) is 0 Å². The lowest BCUT2D eigenvalue weighted by molar-refractivity contribution is -0.142. The molecule has 1 aromatic carbocycles. The van der Waals surface area contributed by atoms with E-state index in [1.807, 2.05) is 26.8 Å². The molecule has 1 N–H and O–H groups in total. The Balaban J connectivity index is 1.96. The molecule has 2 unspecified atom stereocenters. The second-order valence-electron chi connectivity index (χ2n) is 6.39. The highest BCUT2D eigenvalue weighted by atomic mass is 35.5. The summed E-state index contributed by atoms with van der Waals surface area (Å²) < 4.78 is 0. The van der Waals surface area contributed by atoms with Gasteiger partial charge in [-0.25, -0.2) is 0 Å². The van der Waals surface area contributed by atoms with Gasteiger partial charge < -0.3 is 10.2 Å². The van der Waals surface area contributed by atoms with Gasteiger partial charge in [-0.05, 0) is 30.5 Å². The highest BCUT2D eigenvalue weighted by Gasteiger charge is 2.41. The molecule has 0 saturated carbocycles. The van der Waals surface area contributed by atoms with Gasteiger partial charge in [0.25, 0.3) is 0 Å². The van der Waals surface area contributed by atoms with E-state index in [0.717, 1.165) is 12.0 Å². The summed E-state index contributed by atoms with van der Waals surface area (Å²) >= 11 is 13.7. The molecule has 1 aliphatic heterocycles. The summed E-state index contributed by atoms with van der Waals surface area (Å²) in [6.45, 7) is 6.26. The third-order valence-electron chi connectivity index (χ3n) is 4.20. The van der Waals surface area contributed by atoms with E-state index in [1.54, 1.807) is 28.8 Å². The molecular formula is C18H24Cl2N2O2S. The Kier molecular flexibility index (Phi) is 7.47. The number of carbonyl (C=O) groups excluding carboxylic acids is 2. The van der Waals surface area contributed by atoms with Crippen LogP contribution in [0.1, 0.15) is 32.8 Å². The Morgan fingerprint density at radius 1 is 1.36 bits per heavy atom. The number of amides is 2. The fourth-order valence-corrected chi connectivity index (χ4v) is 4.70. The van der Waals surface area contributed by atoms with Crippen molar-refractivity contribution in [1.82, 2.24) is 10.2 Å². The third kappa shape index (κ3) is 5.05. The van der Waals surface area contributed by atoms with E-state index < -0.39 is 6.04 Å². The van der Waals surface area contributed by atoms with E-state index in [9.17, 15) is 9.59 Å². The van der Waals surface area contributed by atoms with Gasteiger partial charge in [0.2, 0.25) is 11.8 Å². The minimum absolute atomic E-state index is 0.0396. The standard InChI is InChI=1S/C18H24Cl2N2O2S/c1-4-16-22(18(24)11(2)3)15(10-25-16)17(23)21-8-7-12-5-6-13(19)9-14(12)20/h5-6,9,11,15-16H,4,7-8,10H2,1-3H3,(H,21,23). The number of nitrogens with zero attached hydrogens (tertiary/aromatic N) is 1. The van der Waals surface area contributed by atoms with Crippen LogP contribution in [0.5, 0.6) is 0 Å². The molecule has 1 aliphatic rings. The van der Waals surface area contributed by atoms with Gasteiger partial charge in [0.15, 0.2) is 0 Å². The number of rotatable bonds is 6. The molecule has 1 heterocycles. The maximum Gasteiger partial charge on any atom is 0.243 e. The van der Waals surface area contributed by atoms with E-state index >= 15 is 0 Å². The van der Waals surface area contributed by atoms with Gasteiger partial charge in [0.05, 0.1) is 5.37 Å². The molecule has 1 aromatic rings. The van der Waals surface area contributed by atoms with Crippen LogP contribution in [-0.4, -0.2) is 40.4 Å². The Hall–Kier alpha value is -0.910. The first-order valence-corrected chi connectivity index (χ1v) is 10.3. The molecule has 4 nitrogen and oxygen atoms in total. The van der Waals surface area contributed by atoms with Crippen LogP contribution in [0.4, 0.5) is 0 Å². The van der Waals surface area contributed by atoms with Crippen molar-refractivity contribution >= 4 is 46.8 Å². The number of thioether (sulfide) groups is 1. The SMILES string of the molecule is CCC1SCC(C(=O)NCCc2ccc(Cl)cc2Cl)N1C(=O)C(C)C. The number of nitrogens with one attached hydrogen (secondary N) is 1. The zero-order valence-corrected chi connectivity index (χ0v) is 17.0. The molecule has 7 heteroatoms. The van der Waals surface area contributed by atoms with Crippen LogP contribution in [0.3, 0.4) is 0 Å². The molecule has 0 aromatic heterocycles. The van der Waals surface area contributed by atoms with Gasteiger partial charge in [0.1, 0.15) is 6.04 Å².